The minimum absolute atomic E-state index is 0.152. The van der Waals surface area contributed by atoms with Crippen LogP contribution in [0.1, 0.15) is 95.8 Å². The minimum atomic E-state index is -0.160. The van der Waals surface area contributed by atoms with Crippen molar-refractivity contribution in [2.24, 2.45) is 5.73 Å². The first-order chi connectivity index (χ1) is 12.2. The maximum absolute atomic E-state index is 11.4. The molecular weight excluding hydrogens is 326 g/mol. The molecule has 3 N–H and O–H groups in total. The molecule has 0 amide bonds. The quantitative estimate of drug-likeness (QED) is 0.445. The molecule has 0 spiro atoms. The smallest absolute Gasteiger partial charge is 0.305 e. The van der Waals surface area contributed by atoms with Gasteiger partial charge in [-0.3, -0.25) is 4.79 Å². The highest BCUT2D eigenvalue weighted by Gasteiger charge is 2.23. The second kappa shape index (κ2) is 10.6. The summed E-state index contributed by atoms with van der Waals surface area (Å²) in [6, 6.07) is 4.15. The highest BCUT2D eigenvalue weighted by Crippen LogP contribution is 2.38. The first kappa shape index (κ1) is 22.5. The number of hydrogen-bond acceptors (Lipinski definition) is 4. The summed E-state index contributed by atoms with van der Waals surface area (Å²) in [5.74, 6) is 0.465. The van der Waals surface area contributed by atoms with E-state index in [0.29, 0.717) is 31.2 Å². The lowest BCUT2D eigenvalue weighted by atomic mass is 9.80. The van der Waals surface area contributed by atoms with Crippen LogP contribution >= 0.6 is 0 Å². The Morgan fingerprint density at radius 1 is 1.19 bits per heavy atom. The van der Waals surface area contributed by atoms with Crippen LogP contribution < -0.4 is 5.73 Å². The number of unbranched alkanes of at least 4 members (excludes halogenated alkanes) is 2. The molecule has 26 heavy (non-hydrogen) atoms. The molecule has 4 heteroatoms. The van der Waals surface area contributed by atoms with Crippen LogP contribution in [0.2, 0.25) is 0 Å². The Kier molecular flexibility index (Phi) is 9.14. The fourth-order valence-electron chi connectivity index (χ4n) is 3.22. The maximum Gasteiger partial charge on any atom is 0.305 e. The van der Waals surface area contributed by atoms with Crippen molar-refractivity contribution < 1.29 is 14.6 Å². The van der Waals surface area contributed by atoms with Gasteiger partial charge in [-0.15, -0.1) is 0 Å². The molecule has 0 aliphatic heterocycles. The Balaban J connectivity index is 3.11. The largest absolute Gasteiger partial charge is 0.507 e. The fourth-order valence-corrected chi connectivity index (χ4v) is 3.22. The van der Waals surface area contributed by atoms with Gasteiger partial charge in [0.05, 0.1) is 6.61 Å². The third-order valence-electron chi connectivity index (χ3n) is 4.88. The van der Waals surface area contributed by atoms with Crippen molar-refractivity contribution in [3.8, 4) is 5.75 Å². The van der Waals surface area contributed by atoms with E-state index in [-0.39, 0.29) is 11.4 Å². The Morgan fingerprint density at radius 3 is 2.42 bits per heavy atom. The Labute approximate surface area is 159 Å². The van der Waals surface area contributed by atoms with Gasteiger partial charge in [0.2, 0.25) is 0 Å². The molecule has 1 unspecified atom stereocenters. The highest BCUT2D eigenvalue weighted by atomic mass is 16.5. The molecule has 1 aromatic carbocycles. The van der Waals surface area contributed by atoms with Gasteiger partial charge in [0.25, 0.3) is 0 Å². The number of rotatable bonds is 10. The van der Waals surface area contributed by atoms with E-state index in [1.807, 2.05) is 13.0 Å². The van der Waals surface area contributed by atoms with E-state index in [1.54, 1.807) is 0 Å². The average Bonchev–Trinajstić information content (AvgIpc) is 2.59. The fraction of sp³-hybridized carbons (Fsp3) is 0.682. The number of phenolic OH excluding ortho intramolecular Hbond substituents is 1. The number of carbonyl (C=O) groups excluding carboxylic acids is 1. The Hall–Kier alpha value is -1.55. The Morgan fingerprint density at radius 2 is 1.88 bits per heavy atom. The number of phenols is 1. The second-order valence-electron chi connectivity index (χ2n) is 8.09. The van der Waals surface area contributed by atoms with Crippen LogP contribution in [-0.4, -0.2) is 17.7 Å². The van der Waals surface area contributed by atoms with E-state index >= 15 is 0 Å². The van der Waals surface area contributed by atoms with Crippen molar-refractivity contribution in [2.75, 3.05) is 6.61 Å². The first-order valence-electron chi connectivity index (χ1n) is 9.96. The molecule has 0 bridgehead atoms. The number of ether oxygens (including phenoxy) is 1. The zero-order valence-corrected chi connectivity index (χ0v) is 17.2. The number of carbonyl (C=O) groups is 1. The van der Waals surface area contributed by atoms with Crippen LogP contribution in [0, 0.1) is 0 Å². The minimum Gasteiger partial charge on any atom is -0.507 e. The lowest BCUT2D eigenvalue weighted by Crippen LogP contribution is -2.15. The van der Waals surface area contributed by atoms with Gasteiger partial charge in [0.1, 0.15) is 5.75 Å². The topological polar surface area (TPSA) is 72.5 Å². The normalized spacial score (nSPS) is 12.8. The van der Waals surface area contributed by atoms with Crippen molar-refractivity contribution in [1.82, 2.24) is 0 Å². The molecule has 0 aliphatic carbocycles. The molecule has 0 saturated carbocycles. The van der Waals surface area contributed by atoms with Gasteiger partial charge in [0.15, 0.2) is 0 Å². The number of aromatic hydroxyl groups is 1. The zero-order chi connectivity index (χ0) is 19.7. The van der Waals surface area contributed by atoms with Gasteiger partial charge in [-0.25, -0.2) is 0 Å². The van der Waals surface area contributed by atoms with Crippen molar-refractivity contribution in [3.05, 3.63) is 28.8 Å². The predicted molar refractivity (Wildman–Crippen MR) is 107 cm³/mol. The second-order valence-corrected chi connectivity index (χ2v) is 8.09. The molecule has 0 aliphatic rings. The van der Waals surface area contributed by atoms with E-state index in [9.17, 15) is 9.90 Å². The first-order valence-corrected chi connectivity index (χ1v) is 9.96. The third kappa shape index (κ3) is 6.64. The van der Waals surface area contributed by atoms with Crippen LogP contribution in [0.3, 0.4) is 0 Å². The third-order valence-corrected chi connectivity index (χ3v) is 4.88. The number of nitrogens with two attached hydrogens (primary N) is 1. The highest BCUT2D eigenvalue weighted by molar-refractivity contribution is 5.68. The summed E-state index contributed by atoms with van der Waals surface area (Å²) in [5.41, 5.74) is 8.64. The van der Waals surface area contributed by atoms with Gasteiger partial charge in [-0.2, -0.15) is 0 Å². The van der Waals surface area contributed by atoms with Gasteiger partial charge < -0.3 is 15.6 Å². The van der Waals surface area contributed by atoms with E-state index < -0.39 is 0 Å². The molecule has 0 aromatic heterocycles. The van der Waals surface area contributed by atoms with E-state index in [1.165, 1.54) is 18.4 Å². The Bertz CT molecular complexity index is 575. The van der Waals surface area contributed by atoms with Crippen molar-refractivity contribution >= 4 is 5.97 Å². The predicted octanol–water partition coefficient (Wildman–Crippen LogP) is 5.16. The summed E-state index contributed by atoms with van der Waals surface area (Å²) in [7, 11) is 0. The molecule has 148 valence electrons. The molecular formula is C22H37NO3. The van der Waals surface area contributed by atoms with Crippen LogP contribution in [0.4, 0.5) is 0 Å². The van der Waals surface area contributed by atoms with Crippen LogP contribution in [-0.2, 0) is 21.5 Å². The zero-order valence-electron chi connectivity index (χ0n) is 17.2. The van der Waals surface area contributed by atoms with Gasteiger partial charge in [0, 0.05) is 18.5 Å². The van der Waals surface area contributed by atoms with Gasteiger partial charge in [-0.1, -0.05) is 66.0 Å². The maximum atomic E-state index is 11.4. The monoisotopic (exact) mass is 363 g/mol. The van der Waals surface area contributed by atoms with Gasteiger partial charge in [-0.05, 0) is 35.3 Å². The molecule has 1 atom stereocenters. The van der Waals surface area contributed by atoms with E-state index in [2.05, 4.69) is 33.8 Å². The summed E-state index contributed by atoms with van der Waals surface area (Å²) in [6.07, 6.45) is 5.77. The summed E-state index contributed by atoms with van der Waals surface area (Å²) in [6.45, 7) is 11.1. The molecule has 0 saturated heterocycles. The van der Waals surface area contributed by atoms with E-state index in [0.717, 1.165) is 30.4 Å². The summed E-state index contributed by atoms with van der Waals surface area (Å²) in [5, 5.41) is 10.6. The number of hydrogen-bond donors (Lipinski definition) is 2. The summed E-state index contributed by atoms with van der Waals surface area (Å²) in [4.78, 5) is 11.4. The molecule has 0 fully saturated rings. The standard InChI is InChI=1S/C22H37NO3/c1-6-8-9-10-16(11-12-26-20(24)7-2)17-13-18(15-23)21(25)19(14-17)22(3,4)5/h13-14,16,25H,6-12,15,23H2,1-5H3. The van der Waals surface area contributed by atoms with Crippen LogP contribution in [0.25, 0.3) is 0 Å². The molecule has 0 radical (unpaired) electrons. The lowest BCUT2D eigenvalue weighted by molar-refractivity contribution is -0.143. The van der Waals surface area contributed by atoms with Crippen molar-refractivity contribution in [1.29, 1.82) is 0 Å². The van der Waals surface area contributed by atoms with Crippen LogP contribution in [0.15, 0.2) is 12.1 Å². The van der Waals surface area contributed by atoms with Crippen molar-refractivity contribution in [2.45, 2.75) is 91.0 Å². The van der Waals surface area contributed by atoms with Crippen molar-refractivity contribution in [3.63, 3.8) is 0 Å². The molecule has 0 heterocycles. The molecule has 1 rings (SSSR count). The number of benzene rings is 1. The molecule has 4 nitrogen and oxygen atoms in total. The molecule has 1 aromatic rings. The van der Waals surface area contributed by atoms with E-state index in [4.69, 9.17) is 10.5 Å². The number of esters is 1. The lowest BCUT2D eigenvalue weighted by Gasteiger charge is -2.26. The summed E-state index contributed by atoms with van der Waals surface area (Å²) < 4.78 is 5.31. The van der Waals surface area contributed by atoms with Gasteiger partial charge >= 0.3 is 5.97 Å². The van der Waals surface area contributed by atoms with Crippen LogP contribution in [0.5, 0.6) is 5.75 Å². The SMILES string of the molecule is CCCCCC(CCOC(=O)CC)c1cc(CN)c(O)c(C(C)(C)C)c1. The summed E-state index contributed by atoms with van der Waals surface area (Å²) >= 11 is 0. The average molecular weight is 364 g/mol.